The van der Waals surface area contributed by atoms with Crippen molar-refractivity contribution in [3.63, 3.8) is 0 Å². The number of fused-ring (bicyclic) bond motifs is 2. The van der Waals surface area contributed by atoms with Gasteiger partial charge in [-0.1, -0.05) is 50.3 Å². The van der Waals surface area contributed by atoms with Gasteiger partial charge in [-0.15, -0.1) is 0 Å². The van der Waals surface area contributed by atoms with Crippen molar-refractivity contribution < 1.29 is 0 Å². The van der Waals surface area contributed by atoms with Crippen LogP contribution in [0.1, 0.15) is 69.0 Å². The van der Waals surface area contributed by atoms with E-state index < -0.39 is 0 Å². The average Bonchev–Trinajstić information content (AvgIpc) is 2.71. The zero-order valence-corrected chi connectivity index (χ0v) is 17.1. The quantitative estimate of drug-likeness (QED) is 0.303. The van der Waals surface area contributed by atoms with Crippen molar-refractivity contribution in [2.24, 2.45) is 16.5 Å². The number of benzene rings is 1. The highest BCUT2D eigenvalue weighted by atomic mass is 15.0. The van der Waals surface area contributed by atoms with Gasteiger partial charge < -0.3 is 16.8 Å². The van der Waals surface area contributed by atoms with Crippen LogP contribution in [0.2, 0.25) is 0 Å². The molecular weight excluding hydrogens is 346 g/mol. The molecule has 1 aromatic heterocycles. The highest BCUT2D eigenvalue weighted by Gasteiger charge is 2.17. The summed E-state index contributed by atoms with van der Waals surface area (Å²) in [6, 6.07) is 8.56. The molecule has 1 aromatic carbocycles. The molecule has 0 bridgehead atoms. The Morgan fingerprint density at radius 2 is 1.64 bits per heavy atom. The summed E-state index contributed by atoms with van der Waals surface area (Å²) in [6.45, 7) is 1.81. The number of aliphatic imine (C=N–C) groups is 1. The van der Waals surface area contributed by atoms with Gasteiger partial charge in [0, 0.05) is 29.9 Å². The Kier molecular flexibility index (Phi) is 7.94. The number of nitrogens with one attached hydrogen (secondary N) is 1. The van der Waals surface area contributed by atoms with Crippen molar-refractivity contribution in [3.05, 3.63) is 35.5 Å². The van der Waals surface area contributed by atoms with E-state index in [1.54, 1.807) is 0 Å². The summed E-state index contributed by atoms with van der Waals surface area (Å²) < 4.78 is 0. The van der Waals surface area contributed by atoms with Crippen LogP contribution < -0.4 is 16.8 Å². The molecule has 3 rings (SSSR count). The number of hydrogen-bond donors (Lipinski definition) is 3. The monoisotopic (exact) mass is 381 g/mol. The van der Waals surface area contributed by atoms with E-state index in [1.165, 1.54) is 73.7 Å². The van der Waals surface area contributed by atoms with E-state index in [2.05, 4.69) is 34.6 Å². The van der Waals surface area contributed by atoms with E-state index in [9.17, 15) is 0 Å². The first kappa shape index (κ1) is 20.4. The van der Waals surface area contributed by atoms with Gasteiger partial charge in [-0.05, 0) is 50.2 Å². The molecule has 0 atom stereocenters. The SMILES string of the molecule is NC(N)=NCCCCCCCCCNc1c2c(nc3ccccc13)CCCC2. The molecule has 28 heavy (non-hydrogen) atoms. The van der Waals surface area contributed by atoms with Gasteiger partial charge in [0.25, 0.3) is 0 Å². The van der Waals surface area contributed by atoms with Crippen LogP contribution in [0.5, 0.6) is 0 Å². The summed E-state index contributed by atoms with van der Waals surface area (Å²) in [4.78, 5) is 8.95. The maximum Gasteiger partial charge on any atom is 0.185 e. The van der Waals surface area contributed by atoms with Crippen LogP contribution in [0.4, 0.5) is 5.69 Å². The molecular formula is C23H35N5. The number of guanidine groups is 1. The lowest BCUT2D eigenvalue weighted by Crippen LogP contribution is -2.22. The second-order valence-electron chi connectivity index (χ2n) is 7.84. The number of para-hydroxylation sites is 1. The molecule has 0 saturated heterocycles. The lowest BCUT2D eigenvalue weighted by atomic mass is 9.92. The summed E-state index contributed by atoms with van der Waals surface area (Å²) >= 11 is 0. The molecule has 0 saturated carbocycles. The van der Waals surface area contributed by atoms with Crippen molar-refractivity contribution in [3.8, 4) is 0 Å². The second kappa shape index (κ2) is 10.9. The zero-order chi connectivity index (χ0) is 19.6. The Labute approximate surface area is 169 Å². The van der Waals surface area contributed by atoms with E-state index in [-0.39, 0.29) is 5.96 Å². The first-order valence-corrected chi connectivity index (χ1v) is 11.0. The largest absolute Gasteiger partial charge is 0.384 e. The maximum absolute atomic E-state index is 5.33. The molecule has 2 aromatic rings. The van der Waals surface area contributed by atoms with Crippen LogP contribution in [0, 0.1) is 0 Å². The van der Waals surface area contributed by atoms with Gasteiger partial charge in [0.05, 0.1) is 5.52 Å². The molecule has 152 valence electrons. The number of aromatic nitrogens is 1. The predicted molar refractivity (Wildman–Crippen MR) is 120 cm³/mol. The molecule has 5 N–H and O–H groups in total. The van der Waals surface area contributed by atoms with Gasteiger partial charge in [-0.2, -0.15) is 0 Å². The topological polar surface area (TPSA) is 89.3 Å². The molecule has 0 amide bonds. The van der Waals surface area contributed by atoms with Gasteiger partial charge in [0.2, 0.25) is 0 Å². The minimum absolute atomic E-state index is 0.204. The normalized spacial score (nSPS) is 13.3. The van der Waals surface area contributed by atoms with Gasteiger partial charge >= 0.3 is 0 Å². The van der Waals surface area contributed by atoms with E-state index in [0.29, 0.717) is 0 Å². The lowest BCUT2D eigenvalue weighted by molar-refractivity contribution is 0.588. The van der Waals surface area contributed by atoms with E-state index in [4.69, 9.17) is 16.5 Å². The fourth-order valence-electron chi connectivity index (χ4n) is 4.12. The number of nitrogens with zero attached hydrogens (tertiary/aromatic N) is 2. The molecule has 0 aliphatic heterocycles. The van der Waals surface area contributed by atoms with E-state index in [0.717, 1.165) is 37.9 Å². The molecule has 5 heteroatoms. The molecule has 5 nitrogen and oxygen atoms in total. The van der Waals surface area contributed by atoms with Gasteiger partial charge in [0.1, 0.15) is 0 Å². The minimum Gasteiger partial charge on any atom is -0.384 e. The summed E-state index contributed by atoms with van der Waals surface area (Å²) in [6.07, 6.45) is 13.5. The van der Waals surface area contributed by atoms with Crippen LogP contribution >= 0.6 is 0 Å². The third-order valence-electron chi connectivity index (χ3n) is 5.60. The number of unbranched alkanes of at least 4 members (excludes halogenated alkanes) is 6. The van der Waals surface area contributed by atoms with E-state index >= 15 is 0 Å². The van der Waals surface area contributed by atoms with Gasteiger partial charge in [-0.25, -0.2) is 0 Å². The number of nitrogens with two attached hydrogens (primary N) is 2. The first-order valence-electron chi connectivity index (χ1n) is 11.0. The van der Waals surface area contributed by atoms with Crippen LogP contribution in [-0.2, 0) is 12.8 Å². The number of rotatable bonds is 11. The molecule has 1 aliphatic rings. The Balaban J connectivity index is 1.41. The van der Waals surface area contributed by atoms with Crippen molar-refractivity contribution >= 4 is 22.5 Å². The Morgan fingerprint density at radius 3 is 2.46 bits per heavy atom. The molecule has 0 fully saturated rings. The van der Waals surface area contributed by atoms with Crippen LogP contribution in [0.25, 0.3) is 10.9 Å². The zero-order valence-electron chi connectivity index (χ0n) is 17.1. The van der Waals surface area contributed by atoms with Crippen molar-refractivity contribution in [1.82, 2.24) is 4.98 Å². The van der Waals surface area contributed by atoms with Gasteiger partial charge in [0.15, 0.2) is 5.96 Å². The third-order valence-corrected chi connectivity index (χ3v) is 5.60. The predicted octanol–water partition coefficient (Wildman–Crippen LogP) is 4.53. The summed E-state index contributed by atoms with van der Waals surface area (Å²) in [5, 5.41) is 5.05. The average molecular weight is 382 g/mol. The third kappa shape index (κ3) is 5.85. The van der Waals surface area contributed by atoms with Crippen molar-refractivity contribution in [2.75, 3.05) is 18.4 Å². The van der Waals surface area contributed by atoms with Crippen molar-refractivity contribution in [2.45, 2.75) is 70.6 Å². The fourth-order valence-corrected chi connectivity index (χ4v) is 4.12. The standard InChI is InChI=1S/C23H35N5/c24-23(25)27-17-11-5-3-1-2-4-10-16-26-22-18-12-6-8-14-20(18)28-21-15-9-7-13-19(21)22/h6,8,12,14H,1-5,7,9-11,13,15-17H2,(H,26,28)(H4,24,25,27). The molecule has 0 unspecified atom stereocenters. The van der Waals surface area contributed by atoms with Crippen LogP contribution in [0.15, 0.2) is 29.3 Å². The molecule has 0 spiro atoms. The molecule has 1 aliphatic carbocycles. The Morgan fingerprint density at radius 1 is 0.929 bits per heavy atom. The number of anilines is 1. The second-order valence-corrected chi connectivity index (χ2v) is 7.84. The highest BCUT2D eigenvalue weighted by Crippen LogP contribution is 2.33. The Bertz CT molecular complexity index is 780. The van der Waals surface area contributed by atoms with Crippen LogP contribution in [-0.4, -0.2) is 24.0 Å². The summed E-state index contributed by atoms with van der Waals surface area (Å²) in [5.41, 5.74) is 15.9. The lowest BCUT2D eigenvalue weighted by Gasteiger charge is -2.21. The first-order chi connectivity index (χ1) is 13.8. The van der Waals surface area contributed by atoms with E-state index in [1.807, 2.05) is 0 Å². The highest BCUT2D eigenvalue weighted by molar-refractivity contribution is 5.93. The number of hydrogen-bond acceptors (Lipinski definition) is 3. The molecule has 0 radical (unpaired) electrons. The van der Waals surface area contributed by atoms with Crippen LogP contribution in [0.3, 0.4) is 0 Å². The Hall–Kier alpha value is -2.30. The van der Waals surface area contributed by atoms with Gasteiger partial charge in [-0.3, -0.25) is 9.98 Å². The maximum atomic E-state index is 5.33. The van der Waals surface area contributed by atoms with Crippen molar-refractivity contribution in [1.29, 1.82) is 0 Å². The fraction of sp³-hybridized carbons (Fsp3) is 0.565. The molecule has 1 heterocycles. The smallest absolute Gasteiger partial charge is 0.185 e. The summed E-state index contributed by atoms with van der Waals surface area (Å²) in [5.74, 6) is 0.204. The number of aryl methyl sites for hydroxylation is 1. The summed E-state index contributed by atoms with van der Waals surface area (Å²) in [7, 11) is 0. The minimum atomic E-state index is 0.204. The number of pyridine rings is 1.